The highest BCUT2D eigenvalue weighted by atomic mass is 35.5. The lowest BCUT2D eigenvalue weighted by Crippen LogP contribution is -2.28. The molecule has 4 nitrogen and oxygen atoms in total. The number of thiocarbonyl (C=S) groups is 1. The summed E-state index contributed by atoms with van der Waals surface area (Å²) in [6.07, 6.45) is 0. The molecule has 1 heterocycles. The van der Waals surface area contributed by atoms with Crippen LogP contribution in [0.2, 0.25) is 5.02 Å². The Kier molecular flexibility index (Phi) is 6.45. The number of nitrogens with one attached hydrogen (secondary N) is 2. The maximum absolute atomic E-state index is 12.1. The van der Waals surface area contributed by atoms with E-state index in [4.69, 9.17) is 28.6 Å². The fourth-order valence-corrected chi connectivity index (χ4v) is 3.97. The molecule has 3 aromatic rings. The van der Waals surface area contributed by atoms with Crippen LogP contribution in [0.4, 0.5) is 5.00 Å². The van der Waals surface area contributed by atoms with Crippen LogP contribution < -0.4 is 10.6 Å². The van der Waals surface area contributed by atoms with Gasteiger partial charge in [0.05, 0.1) is 12.7 Å². The molecule has 138 valence electrons. The third-order valence-electron chi connectivity index (χ3n) is 3.76. The summed E-state index contributed by atoms with van der Waals surface area (Å²) in [7, 11) is 1.36. The summed E-state index contributed by atoms with van der Waals surface area (Å²) in [6.45, 7) is 0.525. The Balaban J connectivity index is 1.75. The summed E-state index contributed by atoms with van der Waals surface area (Å²) in [5, 5.41) is 7.96. The van der Waals surface area contributed by atoms with Gasteiger partial charge in [-0.25, -0.2) is 4.79 Å². The Morgan fingerprint density at radius 2 is 1.93 bits per heavy atom. The van der Waals surface area contributed by atoms with Crippen LogP contribution in [-0.2, 0) is 11.3 Å². The topological polar surface area (TPSA) is 50.4 Å². The van der Waals surface area contributed by atoms with Gasteiger partial charge < -0.3 is 15.4 Å². The van der Waals surface area contributed by atoms with Crippen LogP contribution in [0.5, 0.6) is 0 Å². The summed E-state index contributed by atoms with van der Waals surface area (Å²) in [5.41, 5.74) is 2.49. The van der Waals surface area contributed by atoms with E-state index in [1.807, 2.05) is 60.7 Å². The number of esters is 1. The predicted molar refractivity (Wildman–Crippen MR) is 116 cm³/mol. The largest absolute Gasteiger partial charge is 0.465 e. The predicted octanol–water partition coefficient (Wildman–Crippen LogP) is 5.34. The minimum absolute atomic E-state index is 0.409. The molecule has 2 aromatic carbocycles. The zero-order valence-electron chi connectivity index (χ0n) is 14.5. The van der Waals surface area contributed by atoms with Crippen LogP contribution >= 0.6 is 35.2 Å². The van der Waals surface area contributed by atoms with E-state index >= 15 is 0 Å². The average Bonchev–Trinajstić information content (AvgIpc) is 3.10. The molecule has 0 unspecified atom stereocenters. The lowest BCUT2D eigenvalue weighted by atomic mass is 10.1. The summed E-state index contributed by atoms with van der Waals surface area (Å²) >= 11 is 12.8. The maximum Gasteiger partial charge on any atom is 0.340 e. The number of rotatable bonds is 5. The zero-order valence-corrected chi connectivity index (χ0v) is 16.9. The third kappa shape index (κ3) is 5.07. The number of thiophene rings is 1. The Morgan fingerprint density at radius 1 is 1.15 bits per heavy atom. The molecule has 27 heavy (non-hydrogen) atoms. The fourth-order valence-electron chi connectivity index (χ4n) is 2.47. The molecule has 0 aliphatic heterocycles. The number of carbonyl (C=O) groups is 1. The molecule has 0 atom stereocenters. The van der Waals surface area contributed by atoms with Gasteiger partial charge in [0, 0.05) is 16.4 Å². The number of ether oxygens (including phenoxy) is 1. The lowest BCUT2D eigenvalue weighted by Gasteiger charge is -2.10. The molecule has 0 bridgehead atoms. The Bertz CT molecular complexity index is 958. The fraction of sp³-hybridized carbons (Fsp3) is 0.100. The van der Waals surface area contributed by atoms with Crippen LogP contribution in [0.15, 0.2) is 60.7 Å². The van der Waals surface area contributed by atoms with Crippen molar-refractivity contribution >= 4 is 51.2 Å². The van der Waals surface area contributed by atoms with Crippen molar-refractivity contribution in [1.82, 2.24) is 5.32 Å². The van der Waals surface area contributed by atoms with E-state index < -0.39 is 5.97 Å². The van der Waals surface area contributed by atoms with Crippen molar-refractivity contribution in [3.8, 4) is 10.4 Å². The summed E-state index contributed by atoms with van der Waals surface area (Å²) in [4.78, 5) is 13.1. The van der Waals surface area contributed by atoms with Crippen LogP contribution in [0.1, 0.15) is 15.9 Å². The summed E-state index contributed by atoms with van der Waals surface area (Å²) < 4.78 is 4.90. The standard InChI is InChI=1S/C20H17ClN2O2S2/c1-25-19(24)16-11-17(14-7-3-2-4-8-14)27-18(16)23-20(26)22-12-13-6-5-9-15(21)10-13/h2-11H,12H2,1H3,(H2,22,23,26). The minimum atomic E-state index is -0.409. The molecule has 0 aliphatic rings. The minimum Gasteiger partial charge on any atom is -0.465 e. The first-order valence-electron chi connectivity index (χ1n) is 8.13. The van der Waals surface area contributed by atoms with Crippen molar-refractivity contribution in [3.63, 3.8) is 0 Å². The molecular weight excluding hydrogens is 400 g/mol. The van der Waals surface area contributed by atoms with Crippen molar-refractivity contribution in [1.29, 1.82) is 0 Å². The van der Waals surface area contributed by atoms with Gasteiger partial charge in [-0.2, -0.15) is 0 Å². The molecule has 0 amide bonds. The monoisotopic (exact) mass is 416 g/mol. The molecule has 3 rings (SSSR count). The summed E-state index contributed by atoms with van der Waals surface area (Å²) in [6, 6.07) is 19.2. The van der Waals surface area contributed by atoms with E-state index in [0.29, 0.717) is 27.2 Å². The SMILES string of the molecule is COC(=O)c1cc(-c2ccccc2)sc1NC(=S)NCc1cccc(Cl)c1. The number of halogens is 1. The second-order valence-corrected chi connectivity index (χ2v) is 7.55. The van der Waals surface area contributed by atoms with E-state index in [1.165, 1.54) is 18.4 Å². The van der Waals surface area contributed by atoms with Gasteiger partial charge in [0.1, 0.15) is 5.00 Å². The third-order valence-corrected chi connectivity index (χ3v) is 5.35. The molecule has 0 spiro atoms. The number of carbonyl (C=O) groups excluding carboxylic acids is 1. The van der Waals surface area contributed by atoms with E-state index in [9.17, 15) is 4.79 Å². The van der Waals surface area contributed by atoms with Gasteiger partial charge >= 0.3 is 5.97 Å². The van der Waals surface area contributed by atoms with Gasteiger partial charge in [0.25, 0.3) is 0 Å². The molecule has 0 fully saturated rings. The van der Waals surface area contributed by atoms with Gasteiger partial charge in [-0.15, -0.1) is 11.3 Å². The maximum atomic E-state index is 12.1. The van der Waals surface area contributed by atoms with Gasteiger partial charge in [-0.1, -0.05) is 54.1 Å². The van der Waals surface area contributed by atoms with Gasteiger partial charge in [0.2, 0.25) is 0 Å². The highest BCUT2D eigenvalue weighted by molar-refractivity contribution is 7.80. The normalized spacial score (nSPS) is 10.3. The second kappa shape index (κ2) is 8.99. The molecule has 2 N–H and O–H groups in total. The van der Waals surface area contributed by atoms with Crippen LogP contribution in [-0.4, -0.2) is 18.2 Å². The Hall–Kier alpha value is -2.41. The number of hydrogen-bond donors (Lipinski definition) is 2. The number of anilines is 1. The number of hydrogen-bond acceptors (Lipinski definition) is 4. The first-order chi connectivity index (χ1) is 13.1. The quantitative estimate of drug-likeness (QED) is 0.434. The molecule has 1 aromatic heterocycles. The first kappa shape index (κ1) is 19.4. The number of methoxy groups -OCH3 is 1. The number of benzene rings is 2. The lowest BCUT2D eigenvalue weighted by molar-refractivity contribution is 0.0602. The van der Waals surface area contributed by atoms with E-state index in [2.05, 4.69) is 10.6 Å². The van der Waals surface area contributed by atoms with Gasteiger partial charge in [-0.05, 0) is 41.5 Å². The smallest absolute Gasteiger partial charge is 0.340 e. The van der Waals surface area contributed by atoms with Crippen molar-refractivity contribution < 1.29 is 9.53 Å². The molecule has 0 radical (unpaired) electrons. The van der Waals surface area contributed by atoms with Gasteiger partial charge in [0.15, 0.2) is 5.11 Å². The van der Waals surface area contributed by atoms with Crippen LogP contribution in [0.25, 0.3) is 10.4 Å². The van der Waals surface area contributed by atoms with Crippen molar-refractivity contribution in [2.45, 2.75) is 6.54 Å². The van der Waals surface area contributed by atoms with Crippen molar-refractivity contribution in [3.05, 3.63) is 76.8 Å². The molecular formula is C20H17ClN2O2S2. The molecule has 0 saturated heterocycles. The Labute approximate surface area is 172 Å². The molecule has 0 aliphatic carbocycles. The van der Waals surface area contributed by atoms with E-state index in [1.54, 1.807) is 0 Å². The van der Waals surface area contributed by atoms with E-state index in [-0.39, 0.29) is 0 Å². The van der Waals surface area contributed by atoms with Gasteiger partial charge in [-0.3, -0.25) is 0 Å². The average molecular weight is 417 g/mol. The molecule has 0 saturated carbocycles. The first-order valence-corrected chi connectivity index (χ1v) is 9.74. The van der Waals surface area contributed by atoms with Crippen LogP contribution in [0, 0.1) is 0 Å². The zero-order chi connectivity index (χ0) is 19.2. The van der Waals surface area contributed by atoms with E-state index in [0.717, 1.165) is 16.0 Å². The van der Waals surface area contributed by atoms with Crippen LogP contribution in [0.3, 0.4) is 0 Å². The molecule has 7 heteroatoms. The highest BCUT2D eigenvalue weighted by Gasteiger charge is 2.18. The summed E-state index contributed by atoms with van der Waals surface area (Å²) in [5.74, 6) is -0.409. The van der Waals surface area contributed by atoms with Crippen molar-refractivity contribution in [2.24, 2.45) is 0 Å². The Morgan fingerprint density at radius 3 is 2.63 bits per heavy atom. The second-order valence-electron chi connectivity index (χ2n) is 5.65. The van der Waals surface area contributed by atoms with Crippen molar-refractivity contribution in [2.75, 3.05) is 12.4 Å². The highest BCUT2D eigenvalue weighted by Crippen LogP contribution is 2.35.